The third kappa shape index (κ3) is 21.8. The van der Waals surface area contributed by atoms with Gasteiger partial charge in [-0.05, 0) is 51.7 Å². The minimum Gasteiger partial charge on any atom is -0.616 e. The van der Waals surface area contributed by atoms with Crippen molar-refractivity contribution in [1.29, 1.82) is 0 Å². The average molecular weight is 714 g/mol. The van der Waals surface area contributed by atoms with Gasteiger partial charge in [0.25, 0.3) is 0 Å². The van der Waals surface area contributed by atoms with Crippen LogP contribution in [0.15, 0.2) is 0 Å². The van der Waals surface area contributed by atoms with Crippen molar-refractivity contribution in [1.82, 2.24) is 26.6 Å². The van der Waals surface area contributed by atoms with Crippen LogP contribution in [0.4, 0.5) is 9.59 Å². The van der Waals surface area contributed by atoms with Gasteiger partial charge in [0.15, 0.2) is 6.10 Å². The van der Waals surface area contributed by atoms with E-state index in [2.05, 4.69) is 26.6 Å². The number of rotatable bonds is 25. The lowest BCUT2D eigenvalue weighted by molar-refractivity contribution is -0.126. The second-order valence-corrected chi connectivity index (χ2v) is 13.5. The van der Waals surface area contributed by atoms with Gasteiger partial charge in [0, 0.05) is 27.1 Å². The molecule has 0 rings (SSSR count). The molecule has 11 N–H and O–H groups in total. The molecular formula is C28H55N7O12S. The molecule has 20 heteroatoms. The quantitative estimate of drug-likeness (QED) is 0.0257. The van der Waals surface area contributed by atoms with Gasteiger partial charge in [0.2, 0.25) is 17.7 Å². The molecule has 0 aliphatic heterocycles. The number of amides is 5. The molecule has 0 fully saturated rings. The van der Waals surface area contributed by atoms with Crippen LogP contribution in [-0.2, 0) is 44.5 Å². The van der Waals surface area contributed by atoms with E-state index in [1.165, 1.54) is 14.1 Å². The van der Waals surface area contributed by atoms with Crippen molar-refractivity contribution in [3.63, 3.8) is 0 Å². The van der Waals surface area contributed by atoms with E-state index in [9.17, 15) is 38.7 Å². The van der Waals surface area contributed by atoms with E-state index in [4.69, 9.17) is 30.4 Å². The summed E-state index contributed by atoms with van der Waals surface area (Å²) in [6.07, 6.45) is -3.12. The van der Waals surface area contributed by atoms with Crippen LogP contribution in [0.5, 0.6) is 0 Å². The largest absolute Gasteiger partial charge is 0.616 e. The number of alkyl carbamates (subject to hydrolysis) is 2. The van der Waals surface area contributed by atoms with Gasteiger partial charge in [0.05, 0.1) is 43.6 Å². The molecule has 48 heavy (non-hydrogen) atoms. The standard InChI is InChI=1S/C28H55N7O12S/c1-27(2,8-7-22(38)34-13-21(30)37)45-11-9-28(3,4)46-12-10-33-24(40)20(14-36)35-23(39)19(29)17-48(43)16-18(47-26(42)32-6)15-44-25(41)31-5/h18-20,23,35-36,39H,7-17,29H2,1-6H3,(H2,30,37)(H,31,41)(H,32,42)(H,33,40)(H,34,38)/t18-,19+,20+,23?,48?/m1/s1. The summed E-state index contributed by atoms with van der Waals surface area (Å²) in [5, 5.41) is 32.1. The predicted octanol–water partition coefficient (Wildman–Crippen LogP) is -3.11. The van der Waals surface area contributed by atoms with Crippen LogP contribution in [0.2, 0.25) is 0 Å². The molecule has 0 aliphatic rings. The molecule has 0 aromatic heterocycles. The van der Waals surface area contributed by atoms with Gasteiger partial charge < -0.3 is 66.4 Å². The number of nitrogens with two attached hydrogens (primary N) is 2. The van der Waals surface area contributed by atoms with Crippen LogP contribution >= 0.6 is 0 Å². The fraction of sp³-hybridized carbons (Fsp3) is 0.821. The first-order valence-corrected chi connectivity index (χ1v) is 16.8. The number of aliphatic hydroxyl groups is 2. The van der Waals surface area contributed by atoms with Crippen molar-refractivity contribution in [2.45, 2.75) is 82.6 Å². The number of carbonyl (C=O) groups is 5. The fourth-order valence-corrected chi connectivity index (χ4v) is 5.05. The van der Waals surface area contributed by atoms with E-state index in [1.54, 1.807) is 0 Å². The molecule has 5 amide bonds. The summed E-state index contributed by atoms with van der Waals surface area (Å²) >= 11 is -1.75. The maximum Gasteiger partial charge on any atom is 0.407 e. The number of hydrogen-bond donors (Lipinski definition) is 9. The van der Waals surface area contributed by atoms with Crippen LogP contribution in [-0.4, -0.2) is 145 Å². The van der Waals surface area contributed by atoms with Crippen molar-refractivity contribution >= 4 is 41.1 Å². The highest BCUT2D eigenvalue weighted by Gasteiger charge is 2.30. The van der Waals surface area contributed by atoms with Gasteiger partial charge in [-0.3, -0.25) is 19.7 Å². The molecule has 0 radical (unpaired) electrons. The number of hydrogen-bond acceptors (Lipinski definition) is 14. The minimum atomic E-state index is -1.75. The molecule has 19 nitrogen and oxygen atoms in total. The summed E-state index contributed by atoms with van der Waals surface area (Å²) in [6.45, 7) is 6.67. The number of carbonyl (C=O) groups excluding carboxylic acids is 5. The molecule has 0 heterocycles. The molecule has 0 aromatic rings. The highest BCUT2D eigenvalue weighted by molar-refractivity contribution is 7.91. The van der Waals surface area contributed by atoms with E-state index >= 15 is 0 Å². The molecule has 0 spiro atoms. The number of primary amides is 1. The van der Waals surface area contributed by atoms with E-state index in [0.29, 0.717) is 19.4 Å². The molecule has 0 aliphatic carbocycles. The Bertz CT molecular complexity index is 1010. The molecule has 280 valence electrons. The molecule has 2 unspecified atom stereocenters. The highest BCUT2D eigenvalue weighted by Crippen LogP contribution is 2.20. The van der Waals surface area contributed by atoms with Gasteiger partial charge in [-0.15, -0.1) is 0 Å². The molecule has 0 saturated carbocycles. The van der Waals surface area contributed by atoms with E-state index in [1.807, 2.05) is 27.7 Å². The third-order valence-electron chi connectivity index (χ3n) is 6.61. The molecule has 0 bridgehead atoms. The Balaban J connectivity index is 4.62. The number of nitrogens with one attached hydrogen (secondary N) is 5. The molecular weight excluding hydrogens is 658 g/mol. The van der Waals surface area contributed by atoms with Crippen LogP contribution in [0.1, 0.15) is 47.0 Å². The zero-order chi connectivity index (χ0) is 36.9. The number of ether oxygens (including phenoxy) is 4. The van der Waals surface area contributed by atoms with Crippen molar-refractivity contribution in [2.24, 2.45) is 11.5 Å². The summed E-state index contributed by atoms with van der Waals surface area (Å²) in [4.78, 5) is 58.1. The molecule has 0 aromatic carbocycles. The van der Waals surface area contributed by atoms with Crippen LogP contribution in [0, 0.1) is 0 Å². The van der Waals surface area contributed by atoms with Crippen molar-refractivity contribution < 1.29 is 57.7 Å². The zero-order valence-electron chi connectivity index (χ0n) is 28.6. The molecule has 0 saturated heterocycles. The fourth-order valence-electron chi connectivity index (χ4n) is 3.72. The maximum atomic E-state index is 12.7. The van der Waals surface area contributed by atoms with E-state index in [-0.39, 0.29) is 50.1 Å². The lowest BCUT2D eigenvalue weighted by Crippen LogP contribution is -2.57. The summed E-state index contributed by atoms with van der Waals surface area (Å²) in [7, 11) is 2.66. The normalized spacial score (nSPS) is 14.9. The Labute approximate surface area is 284 Å². The van der Waals surface area contributed by atoms with Gasteiger partial charge in [-0.25, -0.2) is 9.59 Å². The summed E-state index contributed by atoms with van der Waals surface area (Å²) in [5.74, 6) is -2.10. The van der Waals surface area contributed by atoms with Gasteiger partial charge in [-0.1, -0.05) is 0 Å². The topological polar surface area (TPSA) is 298 Å². The Morgan fingerprint density at radius 1 is 0.917 bits per heavy atom. The first-order chi connectivity index (χ1) is 22.3. The Morgan fingerprint density at radius 2 is 1.52 bits per heavy atom. The summed E-state index contributed by atoms with van der Waals surface area (Å²) in [5.41, 5.74) is 9.76. The lowest BCUT2D eigenvalue weighted by atomic mass is 10.0. The highest BCUT2D eigenvalue weighted by atomic mass is 32.2. The van der Waals surface area contributed by atoms with Gasteiger partial charge in [-0.2, -0.15) is 0 Å². The molecule has 5 atom stereocenters. The third-order valence-corrected chi connectivity index (χ3v) is 8.11. The van der Waals surface area contributed by atoms with Gasteiger partial charge >= 0.3 is 12.2 Å². The van der Waals surface area contributed by atoms with E-state index in [0.717, 1.165) is 0 Å². The van der Waals surface area contributed by atoms with Crippen molar-refractivity contribution in [3.05, 3.63) is 0 Å². The number of aliphatic hydroxyl groups excluding tert-OH is 2. The maximum absolute atomic E-state index is 12.7. The van der Waals surface area contributed by atoms with Crippen molar-refractivity contribution in [2.75, 3.05) is 65.1 Å². The predicted molar refractivity (Wildman–Crippen MR) is 175 cm³/mol. The van der Waals surface area contributed by atoms with Crippen LogP contribution in [0.25, 0.3) is 0 Å². The summed E-state index contributed by atoms with van der Waals surface area (Å²) < 4.78 is 34.4. The van der Waals surface area contributed by atoms with Crippen molar-refractivity contribution in [3.8, 4) is 0 Å². The first-order valence-electron chi connectivity index (χ1n) is 15.3. The lowest BCUT2D eigenvalue weighted by Gasteiger charge is -2.30. The average Bonchev–Trinajstić information content (AvgIpc) is 3.01. The van der Waals surface area contributed by atoms with Gasteiger partial charge in [0.1, 0.15) is 30.4 Å². The van der Waals surface area contributed by atoms with E-state index < -0.39 is 77.4 Å². The zero-order valence-corrected chi connectivity index (χ0v) is 29.4. The summed E-state index contributed by atoms with van der Waals surface area (Å²) in [6, 6.07) is -2.39. The van der Waals surface area contributed by atoms with Crippen LogP contribution < -0.4 is 38.1 Å². The smallest absolute Gasteiger partial charge is 0.407 e. The second kappa shape index (κ2) is 23.4. The Hall–Kier alpha value is -2.98. The SMILES string of the molecule is CNC(=O)OC[C@H](C[S+]([O-])C[C@H](N)C(O)N[C@@H](CO)C(=O)NCCOC(C)(C)CCOC(C)(C)CCC(=O)NCC(N)=O)OC(=O)NC. The Morgan fingerprint density at radius 3 is 2.10 bits per heavy atom. The first kappa shape index (κ1) is 45.0. The Kier molecular flexibility index (Phi) is 21.9. The minimum absolute atomic E-state index is 0.0875. The second-order valence-electron chi connectivity index (χ2n) is 11.9. The van der Waals surface area contributed by atoms with Crippen LogP contribution in [0.3, 0.4) is 0 Å². The monoisotopic (exact) mass is 713 g/mol.